The van der Waals surface area contributed by atoms with Crippen molar-refractivity contribution < 1.29 is 13.5 Å². The molecule has 0 N–H and O–H groups in total. The van der Waals surface area contributed by atoms with Crippen molar-refractivity contribution >= 4 is 11.2 Å². The number of nitrogens with zero attached hydrogens (tertiary/aromatic N) is 3. The Kier molecular flexibility index (Phi) is 2.77. The Hall–Kier alpha value is -2.34. The lowest BCUT2D eigenvalue weighted by atomic mass is 9.92. The normalized spacial score (nSPS) is 22.0. The number of imidazole rings is 1. The van der Waals surface area contributed by atoms with Crippen LogP contribution in [0.4, 0.5) is 8.78 Å². The maximum absolute atomic E-state index is 14.1. The van der Waals surface area contributed by atoms with E-state index in [2.05, 4.69) is 9.97 Å². The van der Waals surface area contributed by atoms with E-state index in [4.69, 9.17) is 4.74 Å². The molecule has 1 aliphatic rings. The zero-order chi connectivity index (χ0) is 15.3. The first kappa shape index (κ1) is 13.3. The monoisotopic (exact) mass is 301 g/mol. The van der Waals surface area contributed by atoms with E-state index >= 15 is 0 Å². The van der Waals surface area contributed by atoms with Gasteiger partial charge in [-0.25, -0.2) is 18.7 Å². The summed E-state index contributed by atoms with van der Waals surface area (Å²) in [4.78, 5) is 8.63. The summed E-state index contributed by atoms with van der Waals surface area (Å²) in [7, 11) is 0. The summed E-state index contributed by atoms with van der Waals surface area (Å²) in [5.41, 5.74) is 1.04. The quantitative estimate of drug-likeness (QED) is 0.698. The van der Waals surface area contributed by atoms with Gasteiger partial charge in [-0.15, -0.1) is 0 Å². The minimum absolute atomic E-state index is 0.215. The molecule has 0 bridgehead atoms. The van der Waals surface area contributed by atoms with Gasteiger partial charge < -0.3 is 9.30 Å². The van der Waals surface area contributed by atoms with Gasteiger partial charge in [0, 0.05) is 17.8 Å². The van der Waals surface area contributed by atoms with Crippen LogP contribution in [-0.2, 0) is 10.3 Å². The highest BCUT2D eigenvalue weighted by molar-refractivity contribution is 5.70. The highest BCUT2D eigenvalue weighted by Crippen LogP contribution is 2.49. The van der Waals surface area contributed by atoms with Crippen molar-refractivity contribution in [3.05, 3.63) is 60.1 Å². The minimum atomic E-state index is -0.803. The molecular weight excluding hydrogens is 288 g/mol. The molecule has 3 aromatic rings. The highest BCUT2D eigenvalue weighted by atomic mass is 19.1. The van der Waals surface area contributed by atoms with Crippen molar-refractivity contribution in [2.75, 3.05) is 6.61 Å². The molecule has 22 heavy (non-hydrogen) atoms. The van der Waals surface area contributed by atoms with Crippen LogP contribution in [0.1, 0.15) is 18.5 Å². The number of rotatable bonds is 3. The molecule has 0 radical (unpaired) electrons. The molecule has 1 aliphatic heterocycles. The van der Waals surface area contributed by atoms with E-state index in [1.54, 1.807) is 12.5 Å². The number of pyridine rings is 1. The molecule has 1 fully saturated rings. The molecule has 0 amide bonds. The minimum Gasteiger partial charge on any atom is -0.362 e. The number of fused-ring (bicyclic) bond motifs is 1. The van der Waals surface area contributed by atoms with Crippen LogP contribution in [0, 0.1) is 11.6 Å². The molecular formula is C16H13F2N3O. The Morgan fingerprint density at radius 3 is 2.82 bits per heavy atom. The van der Waals surface area contributed by atoms with E-state index in [-0.39, 0.29) is 6.04 Å². The predicted octanol–water partition coefficient (Wildman–Crippen LogP) is 3.20. The molecule has 6 heteroatoms. The molecule has 0 saturated carbocycles. The maximum Gasteiger partial charge on any atom is 0.160 e. The van der Waals surface area contributed by atoms with Crippen LogP contribution in [0.15, 0.2) is 42.9 Å². The third-order valence-electron chi connectivity index (χ3n) is 4.27. The lowest BCUT2D eigenvalue weighted by Gasteiger charge is -2.22. The van der Waals surface area contributed by atoms with Crippen LogP contribution in [0.3, 0.4) is 0 Å². The zero-order valence-corrected chi connectivity index (χ0v) is 11.8. The number of hydrogen-bond acceptors (Lipinski definition) is 3. The topological polar surface area (TPSA) is 43.2 Å². The number of halogens is 2. The Labute approximate surface area is 125 Å². The molecule has 0 unspecified atom stereocenters. The number of benzene rings is 1. The molecule has 0 aliphatic carbocycles. The van der Waals surface area contributed by atoms with E-state index in [9.17, 15) is 8.78 Å². The van der Waals surface area contributed by atoms with Crippen LogP contribution in [0.2, 0.25) is 0 Å². The molecule has 2 aromatic heterocycles. The molecule has 1 aromatic carbocycles. The first-order valence-corrected chi connectivity index (χ1v) is 6.99. The van der Waals surface area contributed by atoms with Gasteiger partial charge in [-0.1, -0.05) is 6.07 Å². The van der Waals surface area contributed by atoms with E-state index in [1.807, 2.05) is 23.6 Å². The average Bonchev–Trinajstić information content (AvgIpc) is 3.19. The second-order valence-electron chi connectivity index (χ2n) is 5.48. The summed E-state index contributed by atoms with van der Waals surface area (Å²) < 4.78 is 34.7. The van der Waals surface area contributed by atoms with E-state index in [0.29, 0.717) is 17.8 Å². The van der Waals surface area contributed by atoms with Gasteiger partial charge >= 0.3 is 0 Å². The predicted molar refractivity (Wildman–Crippen MR) is 76.2 cm³/mol. The molecule has 4 rings (SSSR count). The van der Waals surface area contributed by atoms with Crippen LogP contribution in [-0.4, -0.2) is 21.1 Å². The zero-order valence-electron chi connectivity index (χ0n) is 11.8. The fourth-order valence-corrected chi connectivity index (χ4v) is 2.91. The maximum atomic E-state index is 14.1. The lowest BCUT2D eigenvalue weighted by molar-refractivity contribution is 0.227. The van der Waals surface area contributed by atoms with Crippen molar-refractivity contribution in [3.8, 4) is 0 Å². The molecule has 112 valence electrons. The molecule has 0 spiro atoms. The fraction of sp³-hybridized carbons (Fsp3) is 0.250. The Morgan fingerprint density at radius 2 is 2.09 bits per heavy atom. The second-order valence-corrected chi connectivity index (χ2v) is 5.48. The summed E-state index contributed by atoms with van der Waals surface area (Å²) in [6.45, 7) is 2.30. The number of epoxide rings is 1. The summed E-state index contributed by atoms with van der Waals surface area (Å²) in [6.07, 6.45) is 3.36. The fourth-order valence-electron chi connectivity index (χ4n) is 2.91. The van der Waals surface area contributed by atoms with Gasteiger partial charge in [0.25, 0.3) is 0 Å². The summed E-state index contributed by atoms with van der Waals surface area (Å²) in [5.74, 6) is -1.19. The first-order chi connectivity index (χ1) is 10.6. The van der Waals surface area contributed by atoms with Crippen molar-refractivity contribution in [2.24, 2.45) is 0 Å². The first-order valence-electron chi connectivity index (χ1n) is 6.99. The SMILES string of the molecule is C[C@@H](n1cnc2cccnc21)[C@@]1(c2ccc(F)cc2F)CO1. The second kappa shape index (κ2) is 4.58. The number of ether oxygens (including phenoxy) is 1. The van der Waals surface area contributed by atoms with Crippen LogP contribution < -0.4 is 0 Å². The summed E-state index contributed by atoms with van der Waals surface area (Å²) >= 11 is 0. The highest BCUT2D eigenvalue weighted by Gasteiger charge is 2.54. The molecule has 1 saturated heterocycles. The molecule has 3 heterocycles. The van der Waals surface area contributed by atoms with Crippen molar-refractivity contribution in [2.45, 2.75) is 18.6 Å². The van der Waals surface area contributed by atoms with E-state index in [0.717, 1.165) is 11.6 Å². The largest absolute Gasteiger partial charge is 0.362 e. The van der Waals surface area contributed by atoms with Gasteiger partial charge in [-0.05, 0) is 25.1 Å². The Morgan fingerprint density at radius 1 is 1.27 bits per heavy atom. The third kappa shape index (κ3) is 1.84. The third-order valence-corrected chi connectivity index (χ3v) is 4.27. The molecule has 4 nitrogen and oxygen atoms in total. The van der Waals surface area contributed by atoms with Gasteiger partial charge in [0.2, 0.25) is 0 Å². The Balaban J connectivity index is 1.80. The Bertz CT molecular complexity index is 857. The van der Waals surface area contributed by atoms with Crippen LogP contribution in [0.5, 0.6) is 0 Å². The van der Waals surface area contributed by atoms with Gasteiger partial charge in [0.15, 0.2) is 5.65 Å². The lowest BCUT2D eigenvalue weighted by Crippen LogP contribution is -2.24. The van der Waals surface area contributed by atoms with Crippen molar-refractivity contribution in [1.82, 2.24) is 14.5 Å². The van der Waals surface area contributed by atoms with Gasteiger partial charge in [0.05, 0.1) is 19.0 Å². The van der Waals surface area contributed by atoms with Gasteiger partial charge in [-0.2, -0.15) is 0 Å². The molecule has 2 atom stereocenters. The van der Waals surface area contributed by atoms with E-state index in [1.165, 1.54) is 12.1 Å². The van der Waals surface area contributed by atoms with Crippen molar-refractivity contribution in [1.29, 1.82) is 0 Å². The number of hydrogen-bond donors (Lipinski definition) is 0. The summed E-state index contributed by atoms with van der Waals surface area (Å²) in [6, 6.07) is 7.04. The number of aromatic nitrogens is 3. The van der Waals surface area contributed by atoms with Crippen molar-refractivity contribution in [3.63, 3.8) is 0 Å². The van der Waals surface area contributed by atoms with Crippen LogP contribution in [0.25, 0.3) is 11.2 Å². The van der Waals surface area contributed by atoms with Gasteiger partial charge in [-0.3, -0.25) is 0 Å². The standard InChI is InChI=1S/C16H13F2N3O/c1-10(21-9-20-14-3-2-6-19-15(14)21)16(8-22-16)12-5-4-11(17)7-13(12)18/h2-7,9-10H,8H2,1H3/t10-,16-/m1/s1. The van der Waals surface area contributed by atoms with Crippen LogP contribution >= 0.6 is 0 Å². The summed E-state index contributed by atoms with van der Waals surface area (Å²) in [5, 5.41) is 0. The van der Waals surface area contributed by atoms with Gasteiger partial charge in [0.1, 0.15) is 22.8 Å². The average molecular weight is 301 g/mol. The smallest absolute Gasteiger partial charge is 0.160 e. The van der Waals surface area contributed by atoms with E-state index < -0.39 is 17.2 Å².